The van der Waals surface area contributed by atoms with E-state index in [4.69, 9.17) is 39.0 Å². The second-order valence-corrected chi connectivity index (χ2v) is 36.2. The molecule has 0 amide bonds. The molecule has 3 N–H and O–H groups in total. The van der Waals surface area contributed by atoms with Crippen LogP contribution in [0.2, 0.25) is 0 Å². The molecule has 123 heavy (non-hydrogen) atoms. The number of hydrogen-bond acceptors (Lipinski definition) is 17. The first-order valence-corrected chi connectivity index (χ1v) is 45.2. The quantitative estimate of drug-likeness (QED) is 0.0329. The van der Waals surface area contributed by atoms with Gasteiger partial charge in [-0.3, -0.25) is 9.98 Å². The monoisotopic (exact) mass is 1650 g/mol. The molecule has 14 bridgehead atoms. The van der Waals surface area contributed by atoms with Gasteiger partial charge in [-0.15, -0.1) is 0 Å². The minimum Gasteiger partial charge on any atom is -0.508 e. The van der Waals surface area contributed by atoms with Gasteiger partial charge in [-0.1, -0.05) is 275 Å². The molecule has 10 aliphatic rings. The molecule has 0 fully saturated rings. The average molecular weight is 1650 g/mol. The molecule has 0 saturated carbocycles. The first-order valence-electron chi connectivity index (χ1n) is 45.2. The Morgan fingerprint density at radius 1 is 0.325 bits per heavy atom. The van der Waals surface area contributed by atoms with Crippen molar-refractivity contribution in [2.24, 2.45) is 9.98 Å². The third-order valence-electron chi connectivity index (χ3n) is 25.6. The van der Waals surface area contributed by atoms with Crippen LogP contribution in [0.5, 0.6) is 51.7 Å². The maximum Gasteiger partial charge on any atom is 0.172 e. The number of anilines is 6. The molecule has 10 aromatic carbocycles. The van der Waals surface area contributed by atoms with E-state index in [2.05, 4.69) is 154 Å². The van der Waals surface area contributed by atoms with Crippen molar-refractivity contribution in [2.75, 3.05) is 30.4 Å². The van der Waals surface area contributed by atoms with Crippen LogP contribution in [0.3, 0.4) is 0 Å². The highest BCUT2D eigenvalue weighted by Crippen LogP contribution is 2.58. The summed E-state index contributed by atoms with van der Waals surface area (Å²) in [5.41, 5.74) is 14.9. The predicted octanol–water partition coefficient (Wildman–Crippen LogP) is 27.3. The highest BCUT2D eigenvalue weighted by atomic mass is 16.7. The van der Waals surface area contributed by atoms with Gasteiger partial charge in [-0.05, 0) is 120 Å². The summed E-state index contributed by atoms with van der Waals surface area (Å²) >= 11 is 0. The molecule has 9 heterocycles. The minimum atomic E-state index is -0.760. The summed E-state index contributed by atoms with van der Waals surface area (Å²) in [4.78, 5) is 57.8. The Kier molecular flexibility index (Phi) is 24.3. The number of aliphatic imine (C=N–C) groups is 2. The van der Waals surface area contributed by atoms with Gasteiger partial charge < -0.3 is 44.3 Å². The zero-order valence-electron chi connectivity index (χ0n) is 73.0. The summed E-state index contributed by atoms with van der Waals surface area (Å²) < 4.78 is 0. The van der Waals surface area contributed by atoms with Gasteiger partial charge in [0.15, 0.2) is 34.5 Å². The molecule has 1 aliphatic carbocycles. The van der Waals surface area contributed by atoms with Crippen molar-refractivity contribution in [3.05, 3.63) is 303 Å². The van der Waals surface area contributed by atoms with E-state index in [0.717, 1.165) is 181 Å². The molecule has 20 rings (SSSR count). The van der Waals surface area contributed by atoms with Gasteiger partial charge in [0.1, 0.15) is 63.5 Å². The predicted molar refractivity (Wildman–Crippen MR) is 496 cm³/mol. The van der Waals surface area contributed by atoms with E-state index in [9.17, 15) is 15.3 Å². The van der Waals surface area contributed by atoms with E-state index in [1.54, 1.807) is 10.1 Å². The largest absolute Gasteiger partial charge is 0.508 e. The van der Waals surface area contributed by atoms with E-state index in [1.807, 2.05) is 173 Å². The number of fused-ring (bicyclic) bond motifs is 2. The van der Waals surface area contributed by atoms with Crippen LogP contribution in [0.25, 0.3) is 0 Å². The van der Waals surface area contributed by atoms with Crippen LogP contribution in [0.1, 0.15) is 311 Å². The average Bonchev–Trinajstić information content (AvgIpc) is 1.71. The van der Waals surface area contributed by atoms with Gasteiger partial charge in [0, 0.05) is 110 Å². The summed E-state index contributed by atoms with van der Waals surface area (Å²) in [6.45, 7) is 22.0. The van der Waals surface area contributed by atoms with Gasteiger partial charge in [0.2, 0.25) is 0 Å². The van der Waals surface area contributed by atoms with E-state index in [1.165, 1.54) is 0 Å². The number of para-hydroxylation sites is 6. The van der Waals surface area contributed by atoms with Crippen LogP contribution in [0, 0.1) is 0 Å². The molecule has 10 aromatic rings. The molecular weight excluding hydrogens is 1530 g/mol. The molecule has 17 nitrogen and oxygen atoms in total. The first-order chi connectivity index (χ1) is 59.8. The molecular formula is C106H118N8O9. The van der Waals surface area contributed by atoms with Crippen molar-refractivity contribution < 1.29 is 44.3 Å². The minimum absolute atomic E-state index is 0.0205. The smallest absolute Gasteiger partial charge is 0.172 e. The van der Waals surface area contributed by atoms with Gasteiger partial charge in [-0.2, -0.15) is 30.4 Å². The number of unbranched alkanes of at least 4 members (excludes halogenated alkanes) is 12. The first kappa shape index (κ1) is 83.0. The summed E-state index contributed by atoms with van der Waals surface area (Å²) in [6, 6.07) is 62.9. The van der Waals surface area contributed by atoms with Crippen molar-refractivity contribution in [1.82, 2.24) is 0 Å². The Morgan fingerprint density at radius 3 is 1.02 bits per heavy atom. The van der Waals surface area contributed by atoms with Crippen molar-refractivity contribution >= 4 is 46.6 Å². The van der Waals surface area contributed by atoms with Crippen molar-refractivity contribution in [3.8, 4) is 51.7 Å². The van der Waals surface area contributed by atoms with Crippen LogP contribution in [0.4, 0.5) is 34.1 Å². The maximum atomic E-state index is 14.9. The fourth-order valence-electron chi connectivity index (χ4n) is 18.8. The zero-order chi connectivity index (χ0) is 85.0. The lowest BCUT2D eigenvalue weighted by atomic mass is 9.75. The Bertz CT molecular complexity index is 5630. The number of phenolic OH excluding ortho intramolecular Hbond substituents is 3. The fraction of sp³-hybridized carbons (Fsp3) is 0.358. The van der Waals surface area contributed by atoms with Crippen LogP contribution in [-0.2, 0) is 10.8 Å². The molecule has 636 valence electrons. The number of benzene rings is 10. The Balaban J connectivity index is 1.02. The number of aromatic hydroxyl groups is 3. The van der Waals surface area contributed by atoms with E-state index < -0.39 is 41.2 Å². The molecule has 0 spiro atoms. The molecule has 0 aromatic heterocycles. The second-order valence-electron chi connectivity index (χ2n) is 36.2. The third kappa shape index (κ3) is 17.0. The summed E-state index contributed by atoms with van der Waals surface area (Å²) in [5, 5.41) is 52.2. The van der Waals surface area contributed by atoms with E-state index >= 15 is 0 Å². The highest BCUT2D eigenvalue weighted by molar-refractivity contribution is 5.91. The lowest BCUT2D eigenvalue weighted by molar-refractivity contribution is 0.280. The van der Waals surface area contributed by atoms with Gasteiger partial charge in [-0.25, -0.2) is 0 Å². The number of hydroxylamine groups is 6. The zero-order valence-corrected chi connectivity index (χ0v) is 73.0. The lowest BCUT2D eigenvalue weighted by Crippen LogP contribution is -2.32. The van der Waals surface area contributed by atoms with Crippen LogP contribution in [-0.4, -0.2) is 27.7 Å². The summed E-state index contributed by atoms with van der Waals surface area (Å²) in [5.74, 6) is 1.25. The lowest BCUT2D eigenvalue weighted by Gasteiger charge is -2.33. The molecule has 17 heteroatoms. The summed E-state index contributed by atoms with van der Waals surface area (Å²) in [7, 11) is 0. The topological polar surface area (TPSA) is 160 Å². The van der Waals surface area contributed by atoms with E-state index in [0.29, 0.717) is 93.8 Å². The number of phenols is 3. The second kappa shape index (κ2) is 36.1. The number of hydrogen-bond donors (Lipinski definition) is 3. The van der Waals surface area contributed by atoms with Crippen molar-refractivity contribution in [1.29, 1.82) is 0 Å². The van der Waals surface area contributed by atoms with Gasteiger partial charge in [0.25, 0.3) is 0 Å². The molecule has 9 aliphatic heterocycles. The normalized spacial score (nSPS) is 17.5. The highest BCUT2D eigenvalue weighted by Gasteiger charge is 2.42. The van der Waals surface area contributed by atoms with Gasteiger partial charge in [0.05, 0.1) is 42.8 Å². The maximum absolute atomic E-state index is 14.9. The molecule has 6 atom stereocenters. The molecule has 0 unspecified atom stereocenters. The van der Waals surface area contributed by atoms with Crippen molar-refractivity contribution in [2.45, 2.75) is 244 Å². The number of rotatable bonds is 27. The Labute approximate surface area is 726 Å². The van der Waals surface area contributed by atoms with Gasteiger partial charge >= 0.3 is 0 Å². The molecule has 0 radical (unpaired) electrons. The Hall–Kier alpha value is -12.2. The third-order valence-corrected chi connectivity index (χ3v) is 25.6. The van der Waals surface area contributed by atoms with Crippen LogP contribution >= 0.6 is 0 Å². The molecule has 0 saturated heterocycles. The summed E-state index contributed by atoms with van der Waals surface area (Å²) in [6.07, 6.45) is 32.8. The van der Waals surface area contributed by atoms with E-state index in [-0.39, 0.29) is 22.7 Å². The van der Waals surface area contributed by atoms with Crippen LogP contribution < -0.4 is 59.4 Å². The van der Waals surface area contributed by atoms with Crippen LogP contribution in [0.15, 0.2) is 235 Å². The SMILES string of the molecule is CCCCCC[C@H]1c2cc3c(O)cc2ON2C=CN(Oc4cc5c(cc41)[C@H](CCCCCC)c1cc4c(cc1ON1C=CN(O5)c5ccccc51)ON1C=CN(Oc5c(cc(c(O)c5C=N[C@H](c5ccccc5)[C@H](N=Cc5cc(C(C)(C)C)cc(C(C)(C)C)c5O)c5ccccc5)[C@@H]3CCCCCC)[C@H]4CCCCCC)c3ccccc31)c1ccccc12. The number of nitrogens with zero attached hydrogens (tertiary/aromatic N) is 8. The Morgan fingerprint density at radius 2 is 0.650 bits per heavy atom. The van der Waals surface area contributed by atoms with Crippen molar-refractivity contribution in [3.63, 3.8) is 0 Å². The fourth-order valence-corrected chi connectivity index (χ4v) is 18.8. The standard InChI is InChI=1S/C106H118N8O9/c1-11-15-19-29-43-74-78-61-79-75(44-30-20-16-12-2)80-62-81-76(45-31-21-17-13-3)82-63-83-77(46-32-22-18-14-4)85-64-84(74)103(117)86(69-108-101(71-41-27-24-28-42-71)100(70-39-25-23-26-40-70)107-68-72-59-73(105(5,6)7)60-87(102(72)116)106(8,9)10)104(85)123-114-58-57-113(92-51-37-38-52-93(92)114)122-99(83)67-98(82)121-112-56-55-111(90-49-35-36-50-91(90)112)120-97(81)66-96(80)119-110-54-53-109(118-95(79)65-94(78)115)88-47-33-34-48-89(88)110/h23-28,33-42,47-69,74-77,100-101,115-117H,11-22,29-32,43-46H2,1-10H3/t74-,75+,76+,77+,100-,101-/m1/s1.